The van der Waals surface area contributed by atoms with Crippen LogP contribution in [0.3, 0.4) is 0 Å². The summed E-state index contributed by atoms with van der Waals surface area (Å²) < 4.78 is 58.1. The number of ether oxygens (including phenoxy) is 3. The van der Waals surface area contributed by atoms with Gasteiger partial charge in [0.1, 0.15) is 46.5 Å². The van der Waals surface area contributed by atoms with Crippen molar-refractivity contribution in [2.75, 3.05) is 20.3 Å². The fourth-order valence-electron chi connectivity index (χ4n) is 7.91. The van der Waals surface area contributed by atoms with E-state index in [2.05, 4.69) is 27.3 Å². The van der Waals surface area contributed by atoms with Crippen molar-refractivity contribution in [1.82, 2.24) is 25.2 Å². The maximum atomic E-state index is 14.9. The number of carbonyl (C=O) groups is 4. The average Bonchev–Trinajstić information content (AvgIpc) is 4.05. The zero-order valence-corrected chi connectivity index (χ0v) is 33.7. The van der Waals surface area contributed by atoms with Crippen molar-refractivity contribution in [2.24, 2.45) is 17.8 Å². The second kappa shape index (κ2) is 15.8. The molecular weight excluding hydrogens is 746 g/mol. The number of benzene rings is 1. The molecule has 1 unspecified atom stereocenters. The van der Waals surface area contributed by atoms with E-state index in [1.54, 1.807) is 40.1 Å². The summed E-state index contributed by atoms with van der Waals surface area (Å²) in [5.41, 5.74) is -2.49. The van der Waals surface area contributed by atoms with Crippen molar-refractivity contribution >= 4 is 44.6 Å². The zero-order valence-electron chi connectivity index (χ0n) is 32.9. The van der Waals surface area contributed by atoms with E-state index in [-0.39, 0.29) is 49.9 Å². The third-order valence-corrected chi connectivity index (χ3v) is 13.6. The van der Waals surface area contributed by atoms with Gasteiger partial charge in [-0.25, -0.2) is 22.6 Å². The van der Waals surface area contributed by atoms with Crippen LogP contribution in [0, 0.1) is 17.8 Å². The van der Waals surface area contributed by atoms with Gasteiger partial charge in [0.05, 0.1) is 13.7 Å². The number of hydrogen-bond donors (Lipinski definition) is 3. The third-order valence-electron chi connectivity index (χ3n) is 11.5. The molecule has 56 heavy (non-hydrogen) atoms. The lowest BCUT2D eigenvalue weighted by molar-refractivity contribution is -0.142. The fourth-order valence-corrected chi connectivity index (χ4v) is 9.34. The van der Waals surface area contributed by atoms with E-state index in [9.17, 15) is 32.0 Å². The minimum absolute atomic E-state index is 0.000383. The van der Waals surface area contributed by atoms with Crippen LogP contribution < -0.4 is 24.8 Å². The van der Waals surface area contributed by atoms with E-state index < -0.39 is 80.5 Å². The second-order valence-electron chi connectivity index (χ2n) is 16.8. The van der Waals surface area contributed by atoms with E-state index in [0.29, 0.717) is 30.4 Å². The summed E-state index contributed by atoms with van der Waals surface area (Å²) in [5.74, 6) is -1.97. The number of rotatable bonds is 9. The van der Waals surface area contributed by atoms with Gasteiger partial charge in [-0.3, -0.25) is 19.1 Å². The number of allylic oxidation sites excluding steroid dienone is 1. The Morgan fingerprint density at radius 2 is 1.89 bits per heavy atom. The zero-order chi connectivity index (χ0) is 40.6. The van der Waals surface area contributed by atoms with Crippen LogP contribution in [0.1, 0.15) is 86.0 Å². The highest BCUT2D eigenvalue weighted by Crippen LogP contribution is 2.48. The van der Waals surface area contributed by atoms with Crippen LogP contribution in [0.25, 0.3) is 10.8 Å². The Bertz CT molecular complexity index is 1980. The normalized spacial score (nSPS) is 29.2. The number of aromatic nitrogens is 1. The Morgan fingerprint density at radius 3 is 2.55 bits per heavy atom. The largest absolute Gasteiger partial charge is 0.497 e. The van der Waals surface area contributed by atoms with Gasteiger partial charge in [-0.05, 0) is 101 Å². The Morgan fingerprint density at radius 1 is 1.14 bits per heavy atom. The molecule has 0 spiro atoms. The summed E-state index contributed by atoms with van der Waals surface area (Å²) in [5, 5.41) is 7.16. The molecule has 7 atom stereocenters. The molecule has 3 N–H and O–H groups in total. The number of nitrogens with zero attached hydrogens (tertiary/aromatic N) is 2. The number of halogens is 1. The average molecular weight is 800 g/mol. The predicted octanol–water partition coefficient (Wildman–Crippen LogP) is 4.71. The molecule has 2 aliphatic carbocycles. The molecule has 4 amide bonds. The smallest absolute Gasteiger partial charge is 0.408 e. The molecule has 3 fully saturated rings. The molecule has 6 rings (SSSR count). The van der Waals surface area contributed by atoms with E-state index >= 15 is 0 Å². The van der Waals surface area contributed by atoms with E-state index in [0.717, 1.165) is 11.8 Å². The molecule has 2 aromatic rings. The number of pyridine rings is 1. The van der Waals surface area contributed by atoms with Crippen LogP contribution in [-0.4, -0.2) is 96.5 Å². The number of sulfonamides is 1. The number of hydrogen-bond acceptors (Lipinski definition) is 10. The van der Waals surface area contributed by atoms with Crippen molar-refractivity contribution in [2.45, 2.75) is 120 Å². The highest BCUT2D eigenvalue weighted by molar-refractivity contribution is 7.91. The molecule has 16 heteroatoms. The molecule has 1 aromatic carbocycles. The maximum absolute atomic E-state index is 14.9. The van der Waals surface area contributed by atoms with Crippen molar-refractivity contribution in [3.8, 4) is 11.6 Å². The topological polar surface area (TPSA) is 182 Å². The lowest BCUT2D eigenvalue weighted by atomic mass is 9.85. The van der Waals surface area contributed by atoms with Crippen LogP contribution >= 0.6 is 0 Å². The molecular formula is C40H54FN5O9S. The van der Waals surface area contributed by atoms with Gasteiger partial charge in [0.15, 0.2) is 0 Å². The molecule has 2 saturated carbocycles. The molecule has 1 aromatic heterocycles. The van der Waals surface area contributed by atoms with E-state index in [1.165, 1.54) is 4.90 Å². The number of alkyl halides is 1. The molecule has 1 saturated heterocycles. The summed E-state index contributed by atoms with van der Waals surface area (Å²) in [4.78, 5) is 62.5. The number of nitrogens with one attached hydrogen (secondary N) is 3. The van der Waals surface area contributed by atoms with Crippen LogP contribution in [0.5, 0.6) is 11.6 Å². The Kier molecular flexibility index (Phi) is 11.6. The van der Waals surface area contributed by atoms with Crippen LogP contribution in [0.2, 0.25) is 0 Å². The standard InChI is InChI=1S/C40H54FN5O9S/c1-7-25-18-24(2)10-8-9-11-27-21-40(27,36(49)45-56(51,52)39(23-41)15-16-39)44-33(47)31-20-29(22-46(31)35(48)32(25)43-37(50)55-38(3,4)5)54-34-30-13-12-28(53-6)19-26(30)14-17-42-34/h9,11-14,17,19,24-25,27,29,31-32H,7-8,10,15-16,18,20-23H2,1-6H3,(H,43,50)(H,44,47)(H,45,49)/t24-,25-,27-,29-,31?,32+,40-/m1/s1. The monoisotopic (exact) mass is 799 g/mol. The first-order valence-electron chi connectivity index (χ1n) is 19.5. The quantitative estimate of drug-likeness (QED) is 0.301. The van der Waals surface area contributed by atoms with Crippen LogP contribution in [0.4, 0.5) is 9.18 Å². The van der Waals surface area contributed by atoms with Gasteiger partial charge in [0, 0.05) is 23.9 Å². The minimum Gasteiger partial charge on any atom is -0.497 e. The molecule has 306 valence electrons. The molecule has 14 nitrogen and oxygen atoms in total. The SMILES string of the molecule is CC[C@@H]1C[C@H](C)CCC=C[C@@H]2C[C@@]2(C(=O)NS(=O)(=O)C2(CF)CC2)NC(=O)C2C[C@@H](Oc3nccc4cc(OC)ccc34)CN2C(=O)[C@H]1NC(=O)OC(C)(C)C. The summed E-state index contributed by atoms with van der Waals surface area (Å²) in [7, 11) is -2.82. The third kappa shape index (κ3) is 8.59. The molecule has 0 radical (unpaired) electrons. The van der Waals surface area contributed by atoms with Gasteiger partial charge in [-0.15, -0.1) is 0 Å². The second-order valence-corrected chi connectivity index (χ2v) is 18.9. The molecule has 3 heterocycles. The van der Waals surface area contributed by atoms with Crippen LogP contribution in [0.15, 0.2) is 42.6 Å². The highest BCUT2D eigenvalue weighted by atomic mass is 32.2. The first-order chi connectivity index (χ1) is 26.4. The number of amides is 4. The van der Waals surface area contributed by atoms with E-state index in [1.807, 2.05) is 37.3 Å². The molecule has 4 aliphatic rings. The van der Waals surface area contributed by atoms with Gasteiger partial charge in [-0.2, -0.15) is 0 Å². The fraction of sp³-hybridized carbons (Fsp3) is 0.625. The van der Waals surface area contributed by atoms with Crippen molar-refractivity contribution in [1.29, 1.82) is 0 Å². The van der Waals surface area contributed by atoms with E-state index in [4.69, 9.17) is 14.2 Å². The number of fused-ring (bicyclic) bond motifs is 3. The Hall–Kier alpha value is -4.47. The van der Waals surface area contributed by atoms with Gasteiger partial charge in [-0.1, -0.05) is 32.4 Å². The summed E-state index contributed by atoms with van der Waals surface area (Å²) in [6, 6.07) is 4.97. The molecule has 0 bridgehead atoms. The summed E-state index contributed by atoms with van der Waals surface area (Å²) in [6.07, 6.45) is 6.59. The van der Waals surface area contributed by atoms with Gasteiger partial charge in [0.2, 0.25) is 27.7 Å². The van der Waals surface area contributed by atoms with Gasteiger partial charge < -0.3 is 29.7 Å². The predicted molar refractivity (Wildman–Crippen MR) is 206 cm³/mol. The first kappa shape index (κ1) is 41.2. The van der Waals surface area contributed by atoms with Crippen molar-refractivity contribution in [3.05, 3.63) is 42.6 Å². The van der Waals surface area contributed by atoms with Crippen molar-refractivity contribution < 1.29 is 46.2 Å². The summed E-state index contributed by atoms with van der Waals surface area (Å²) >= 11 is 0. The highest BCUT2D eigenvalue weighted by Gasteiger charge is 2.64. The maximum Gasteiger partial charge on any atom is 0.408 e. The minimum atomic E-state index is -4.38. The summed E-state index contributed by atoms with van der Waals surface area (Å²) in [6.45, 7) is 8.00. The lowest BCUT2D eigenvalue weighted by Crippen LogP contribution is -2.59. The number of alkyl carbamates (subject to hydrolysis) is 1. The number of carbonyl (C=O) groups excluding carboxylic acids is 4. The number of methoxy groups -OCH3 is 1. The molecule has 2 aliphatic heterocycles. The lowest BCUT2D eigenvalue weighted by Gasteiger charge is -2.34. The Labute approximate surface area is 327 Å². The van der Waals surface area contributed by atoms with Crippen LogP contribution in [-0.2, 0) is 29.1 Å². The van der Waals surface area contributed by atoms with Gasteiger partial charge in [0.25, 0.3) is 5.91 Å². The van der Waals surface area contributed by atoms with Gasteiger partial charge >= 0.3 is 6.09 Å². The first-order valence-corrected chi connectivity index (χ1v) is 20.9. The Balaban J connectivity index is 1.36. The van der Waals surface area contributed by atoms with Crippen molar-refractivity contribution in [3.63, 3.8) is 0 Å².